The van der Waals surface area contributed by atoms with Gasteiger partial charge in [-0.15, -0.1) is 0 Å². The lowest BCUT2D eigenvalue weighted by Gasteiger charge is -2.18. The second kappa shape index (κ2) is 11.8. The van der Waals surface area contributed by atoms with Crippen molar-refractivity contribution in [1.29, 1.82) is 0 Å². The molecule has 10 nitrogen and oxygen atoms in total. The number of aromatic nitrogens is 2. The van der Waals surface area contributed by atoms with E-state index in [0.29, 0.717) is 39.3 Å². The number of carbonyl (C=O) groups is 1. The largest absolute Gasteiger partial charge is 0.493 e. The van der Waals surface area contributed by atoms with E-state index in [9.17, 15) is 9.59 Å². The van der Waals surface area contributed by atoms with Crippen molar-refractivity contribution in [2.75, 3.05) is 20.8 Å². The molecule has 2 aromatic heterocycles. The SMILES string of the molecule is CCOC(=O)[C@H](C)Oc1c(OC)cc(C=Nn2c(-c3cc4cc(Br)ccc4o3)nc3ccccc3c2=O)cc1OC. The van der Waals surface area contributed by atoms with E-state index in [2.05, 4.69) is 21.0 Å². The van der Waals surface area contributed by atoms with Crippen molar-refractivity contribution in [3.05, 3.63) is 81.1 Å². The third-order valence-corrected chi connectivity index (χ3v) is 6.66. The van der Waals surface area contributed by atoms with Crippen LogP contribution in [0.25, 0.3) is 33.5 Å². The van der Waals surface area contributed by atoms with Crippen LogP contribution in [-0.4, -0.2) is 48.8 Å². The number of halogens is 1. The van der Waals surface area contributed by atoms with Crippen molar-refractivity contribution >= 4 is 50.0 Å². The van der Waals surface area contributed by atoms with Crippen LogP contribution in [0.15, 0.2) is 79.4 Å². The number of esters is 1. The van der Waals surface area contributed by atoms with Gasteiger partial charge in [-0.1, -0.05) is 28.1 Å². The Kier molecular flexibility index (Phi) is 8.06. The number of nitrogens with zero attached hydrogens (tertiary/aromatic N) is 3. The van der Waals surface area contributed by atoms with E-state index in [1.807, 2.05) is 30.3 Å². The minimum absolute atomic E-state index is 0.228. The van der Waals surface area contributed by atoms with Gasteiger partial charge in [0.15, 0.2) is 23.4 Å². The predicted molar refractivity (Wildman–Crippen MR) is 158 cm³/mol. The lowest BCUT2D eigenvalue weighted by atomic mass is 10.2. The Morgan fingerprint density at radius 3 is 2.54 bits per heavy atom. The van der Waals surface area contributed by atoms with E-state index in [1.54, 1.807) is 44.2 Å². The predicted octanol–water partition coefficient (Wildman–Crippen LogP) is 5.80. The molecule has 0 radical (unpaired) electrons. The summed E-state index contributed by atoms with van der Waals surface area (Å²) in [6.07, 6.45) is 0.580. The molecule has 2 heterocycles. The number of furan rings is 1. The molecule has 1 atom stereocenters. The molecule has 41 heavy (non-hydrogen) atoms. The Labute approximate surface area is 243 Å². The number of fused-ring (bicyclic) bond motifs is 2. The molecule has 0 aliphatic heterocycles. The molecule has 0 N–H and O–H groups in total. The molecule has 0 spiro atoms. The minimum Gasteiger partial charge on any atom is -0.493 e. The Morgan fingerprint density at radius 2 is 1.83 bits per heavy atom. The lowest BCUT2D eigenvalue weighted by molar-refractivity contribution is -0.150. The number of benzene rings is 3. The molecule has 210 valence electrons. The zero-order valence-corrected chi connectivity index (χ0v) is 24.3. The molecular formula is C30H26BrN3O7. The van der Waals surface area contributed by atoms with Crippen molar-refractivity contribution in [3.63, 3.8) is 0 Å². The highest BCUT2D eigenvalue weighted by molar-refractivity contribution is 9.10. The molecule has 0 saturated carbocycles. The average molecular weight is 620 g/mol. The quantitative estimate of drug-likeness (QED) is 0.150. The molecule has 0 saturated heterocycles. The molecule has 5 aromatic rings. The van der Waals surface area contributed by atoms with Crippen LogP contribution in [0.2, 0.25) is 0 Å². The molecule has 0 fully saturated rings. The number of ether oxygens (including phenoxy) is 4. The average Bonchev–Trinajstić information content (AvgIpc) is 3.40. The smallest absolute Gasteiger partial charge is 0.347 e. The summed E-state index contributed by atoms with van der Waals surface area (Å²) < 4.78 is 30.0. The van der Waals surface area contributed by atoms with E-state index in [-0.39, 0.29) is 23.7 Å². The summed E-state index contributed by atoms with van der Waals surface area (Å²) in [5.74, 6) is 0.926. The number of methoxy groups -OCH3 is 2. The van der Waals surface area contributed by atoms with Gasteiger partial charge in [-0.3, -0.25) is 4.79 Å². The maximum atomic E-state index is 13.6. The fourth-order valence-electron chi connectivity index (χ4n) is 4.21. The van der Waals surface area contributed by atoms with Crippen molar-refractivity contribution in [3.8, 4) is 28.8 Å². The first-order valence-corrected chi connectivity index (χ1v) is 13.5. The molecule has 0 aliphatic carbocycles. The number of hydrogen-bond donors (Lipinski definition) is 0. The van der Waals surface area contributed by atoms with Crippen LogP contribution in [0.4, 0.5) is 0 Å². The van der Waals surface area contributed by atoms with E-state index in [4.69, 9.17) is 28.3 Å². The highest BCUT2D eigenvalue weighted by Gasteiger charge is 2.22. The molecule has 11 heteroatoms. The van der Waals surface area contributed by atoms with Gasteiger partial charge in [-0.05, 0) is 62.4 Å². The zero-order chi connectivity index (χ0) is 29.1. The summed E-state index contributed by atoms with van der Waals surface area (Å²) in [5, 5.41) is 5.75. The zero-order valence-electron chi connectivity index (χ0n) is 22.7. The Hall–Kier alpha value is -4.64. The summed E-state index contributed by atoms with van der Waals surface area (Å²) in [7, 11) is 2.93. The van der Waals surface area contributed by atoms with E-state index in [0.717, 1.165) is 9.86 Å². The van der Waals surface area contributed by atoms with Crippen LogP contribution >= 0.6 is 15.9 Å². The number of rotatable bonds is 9. The third-order valence-electron chi connectivity index (χ3n) is 6.17. The van der Waals surface area contributed by atoms with Gasteiger partial charge in [-0.25, -0.2) is 9.78 Å². The highest BCUT2D eigenvalue weighted by atomic mass is 79.9. The molecule has 0 unspecified atom stereocenters. The standard InChI is InChI=1S/C30H26BrN3O7/c1-5-39-30(36)17(2)40-27-24(37-3)12-18(13-25(27)38-4)16-32-34-28(33-22-9-7-6-8-21(22)29(34)35)26-15-19-14-20(31)10-11-23(19)41-26/h6-17H,5H2,1-4H3/t17-/m0/s1. The number of para-hydroxylation sites is 1. The van der Waals surface area contributed by atoms with E-state index in [1.165, 1.54) is 25.1 Å². The van der Waals surface area contributed by atoms with E-state index >= 15 is 0 Å². The van der Waals surface area contributed by atoms with Gasteiger partial charge in [0.25, 0.3) is 5.56 Å². The van der Waals surface area contributed by atoms with Gasteiger partial charge in [-0.2, -0.15) is 9.78 Å². The van der Waals surface area contributed by atoms with E-state index < -0.39 is 12.1 Å². The van der Waals surface area contributed by atoms with Gasteiger partial charge >= 0.3 is 5.97 Å². The number of carbonyl (C=O) groups excluding carboxylic acids is 1. The first-order valence-electron chi connectivity index (χ1n) is 12.7. The van der Waals surface area contributed by atoms with Crippen LogP contribution in [-0.2, 0) is 9.53 Å². The summed E-state index contributed by atoms with van der Waals surface area (Å²) in [4.78, 5) is 30.4. The van der Waals surface area contributed by atoms with Gasteiger partial charge < -0.3 is 23.4 Å². The van der Waals surface area contributed by atoms with Crippen LogP contribution in [0.1, 0.15) is 19.4 Å². The third kappa shape index (κ3) is 5.66. The maximum Gasteiger partial charge on any atom is 0.347 e. The van der Waals surface area contributed by atoms with Crippen LogP contribution in [0.3, 0.4) is 0 Å². The first-order chi connectivity index (χ1) is 19.8. The van der Waals surface area contributed by atoms with Crippen molar-refractivity contribution in [2.24, 2.45) is 5.10 Å². The highest BCUT2D eigenvalue weighted by Crippen LogP contribution is 2.39. The van der Waals surface area contributed by atoms with Gasteiger partial charge in [0.05, 0.1) is 37.9 Å². The Balaban J connectivity index is 1.60. The molecule has 0 aliphatic rings. The molecule has 0 amide bonds. The van der Waals surface area contributed by atoms with Crippen LogP contribution in [0.5, 0.6) is 17.2 Å². The van der Waals surface area contributed by atoms with Crippen LogP contribution < -0.4 is 19.8 Å². The molecular weight excluding hydrogens is 594 g/mol. The van der Waals surface area contributed by atoms with Crippen molar-refractivity contribution in [2.45, 2.75) is 20.0 Å². The second-order valence-electron chi connectivity index (χ2n) is 8.87. The number of hydrogen-bond acceptors (Lipinski definition) is 9. The summed E-state index contributed by atoms with van der Waals surface area (Å²) in [6, 6.07) is 17.8. The second-order valence-corrected chi connectivity index (χ2v) is 9.79. The summed E-state index contributed by atoms with van der Waals surface area (Å²) >= 11 is 3.47. The van der Waals surface area contributed by atoms with Gasteiger partial charge in [0.1, 0.15) is 5.58 Å². The summed E-state index contributed by atoms with van der Waals surface area (Å²) in [6.45, 7) is 3.52. The Bertz CT molecular complexity index is 1820. The normalized spacial score (nSPS) is 12.1. The van der Waals surface area contributed by atoms with Crippen molar-refractivity contribution in [1.82, 2.24) is 9.66 Å². The van der Waals surface area contributed by atoms with Gasteiger partial charge in [0, 0.05) is 15.4 Å². The molecule has 0 bridgehead atoms. The maximum absolute atomic E-state index is 13.6. The molecule has 5 rings (SSSR count). The molecule has 3 aromatic carbocycles. The topological polar surface area (TPSA) is 114 Å². The monoisotopic (exact) mass is 619 g/mol. The summed E-state index contributed by atoms with van der Waals surface area (Å²) in [5.41, 5.74) is 1.32. The Morgan fingerprint density at radius 1 is 1.10 bits per heavy atom. The lowest BCUT2D eigenvalue weighted by Crippen LogP contribution is -2.26. The minimum atomic E-state index is -0.897. The van der Waals surface area contributed by atoms with Gasteiger partial charge in [0.2, 0.25) is 11.6 Å². The van der Waals surface area contributed by atoms with Crippen LogP contribution in [0, 0.1) is 0 Å². The van der Waals surface area contributed by atoms with Crippen molar-refractivity contribution < 1.29 is 28.2 Å². The first kappa shape index (κ1) is 27.9. The fraction of sp³-hybridized carbons (Fsp3) is 0.200. The fourth-order valence-corrected chi connectivity index (χ4v) is 4.59.